The van der Waals surface area contributed by atoms with Crippen LogP contribution in [0.4, 0.5) is 11.4 Å². The number of para-hydroxylation sites is 2. The van der Waals surface area contributed by atoms with Crippen molar-refractivity contribution < 1.29 is 4.74 Å². The van der Waals surface area contributed by atoms with Gasteiger partial charge in [-0.2, -0.15) is 5.10 Å². The van der Waals surface area contributed by atoms with Crippen molar-refractivity contribution >= 4 is 23.0 Å². The van der Waals surface area contributed by atoms with E-state index < -0.39 is 0 Å². The molecule has 2 heterocycles. The quantitative estimate of drug-likeness (QED) is 0.632. The van der Waals surface area contributed by atoms with E-state index in [1.54, 1.807) is 0 Å². The first kappa shape index (κ1) is 8.49. The van der Waals surface area contributed by atoms with E-state index in [2.05, 4.69) is 15.5 Å². The van der Waals surface area contributed by atoms with Crippen molar-refractivity contribution in [1.82, 2.24) is 10.2 Å². The molecular weight excluding hydrogens is 214 g/mol. The van der Waals surface area contributed by atoms with E-state index in [4.69, 9.17) is 16.3 Å². The minimum atomic E-state index is 0.307. The maximum Gasteiger partial charge on any atom is 0.178 e. The molecule has 0 amide bonds. The highest BCUT2D eigenvalue weighted by Gasteiger charge is 2.19. The van der Waals surface area contributed by atoms with Crippen LogP contribution in [0.2, 0.25) is 5.15 Å². The van der Waals surface area contributed by atoms with Crippen molar-refractivity contribution in [3.05, 3.63) is 35.6 Å². The number of ether oxygens (including phenoxy) is 1. The average molecular weight is 220 g/mol. The van der Waals surface area contributed by atoms with Gasteiger partial charge in [0.05, 0.1) is 11.9 Å². The Kier molecular flexibility index (Phi) is 1.76. The number of hydrogen-bond donors (Lipinski definition) is 1. The first-order valence-electron chi connectivity index (χ1n) is 4.40. The first-order valence-corrected chi connectivity index (χ1v) is 4.77. The van der Waals surface area contributed by atoms with Crippen LogP contribution in [0.15, 0.2) is 30.5 Å². The van der Waals surface area contributed by atoms with Crippen molar-refractivity contribution in [1.29, 1.82) is 0 Å². The van der Waals surface area contributed by atoms with Crippen LogP contribution < -0.4 is 10.1 Å². The number of fused-ring (bicyclic) bond motifs is 2. The Labute approximate surface area is 90.9 Å². The SMILES string of the molecule is Clc1nncc2c1Nc1ccccc1O2. The Bertz CT molecular complexity index is 530. The third-order valence-corrected chi connectivity index (χ3v) is 2.40. The predicted octanol–water partition coefficient (Wildman–Crippen LogP) is 2.98. The Balaban J connectivity index is 2.15. The summed E-state index contributed by atoms with van der Waals surface area (Å²) in [5.74, 6) is 1.35. The summed E-state index contributed by atoms with van der Waals surface area (Å²) in [6, 6.07) is 7.61. The fraction of sp³-hybridized carbons (Fsp3) is 0. The van der Waals surface area contributed by atoms with Gasteiger partial charge in [0.25, 0.3) is 0 Å². The van der Waals surface area contributed by atoms with Crippen LogP contribution in [0, 0.1) is 0 Å². The highest BCUT2D eigenvalue weighted by molar-refractivity contribution is 6.32. The van der Waals surface area contributed by atoms with E-state index in [-0.39, 0.29) is 0 Å². The zero-order chi connectivity index (χ0) is 10.3. The predicted molar refractivity (Wildman–Crippen MR) is 56.8 cm³/mol. The summed E-state index contributed by atoms with van der Waals surface area (Å²) in [4.78, 5) is 0. The van der Waals surface area contributed by atoms with E-state index >= 15 is 0 Å². The van der Waals surface area contributed by atoms with Crippen molar-refractivity contribution in [2.45, 2.75) is 0 Å². The summed E-state index contributed by atoms with van der Waals surface area (Å²) in [6.45, 7) is 0. The molecule has 2 aromatic rings. The monoisotopic (exact) mass is 219 g/mol. The number of benzene rings is 1. The third-order valence-electron chi connectivity index (χ3n) is 2.14. The molecule has 0 radical (unpaired) electrons. The molecule has 0 aliphatic carbocycles. The summed E-state index contributed by atoms with van der Waals surface area (Å²) in [7, 11) is 0. The zero-order valence-corrected chi connectivity index (χ0v) is 8.32. The van der Waals surface area contributed by atoms with E-state index in [0.717, 1.165) is 11.4 Å². The highest BCUT2D eigenvalue weighted by Crippen LogP contribution is 2.43. The topological polar surface area (TPSA) is 47.0 Å². The molecule has 1 aromatic heterocycles. The number of nitrogens with one attached hydrogen (secondary N) is 1. The number of rotatable bonds is 0. The van der Waals surface area contributed by atoms with Crippen LogP contribution in [0.1, 0.15) is 0 Å². The van der Waals surface area contributed by atoms with Gasteiger partial charge >= 0.3 is 0 Å². The highest BCUT2D eigenvalue weighted by atomic mass is 35.5. The van der Waals surface area contributed by atoms with Crippen molar-refractivity contribution in [3.63, 3.8) is 0 Å². The lowest BCUT2D eigenvalue weighted by molar-refractivity contribution is 0.477. The summed E-state index contributed by atoms with van der Waals surface area (Å²) in [5, 5.41) is 10.9. The number of nitrogens with zero attached hydrogens (tertiary/aromatic N) is 2. The Morgan fingerprint density at radius 3 is 3.00 bits per heavy atom. The van der Waals surface area contributed by atoms with Crippen molar-refractivity contribution in [2.24, 2.45) is 0 Å². The smallest absolute Gasteiger partial charge is 0.178 e. The molecule has 1 aliphatic rings. The molecule has 0 unspecified atom stereocenters. The molecule has 1 aliphatic heterocycles. The number of aromatic nitrogens is 2. The largest absolute Gasteiger partial charge is 0.451 e. The van der Waals surface area contributed by atoms with Gasteiger partial charge < -0.3 is 10.1 Å². The Hall–Kier alpha value is -1.81. The standard InChI is InChI=1S/C10H6ClN3O/c11-10-9-8(5-12-14-10)15-7-4-2-1-3-6(7)13-9/h1-5,13H. The number of anilines is 2. The van der Waals surface area contributed by atoms with Gasteiger partial charge in [-0.05, 0) is 12.1 Å². The van der Waals surface area contributed by atoms with Gasteiger partial charge in [0.1, 0.15) is 5.69 Å². The van der Waals surface area contributed by atoms with E-state index in [1.807, 2.05) is 24.3 Å². The molecule has 3 rings (SSSR count). The average Bonchev–Trinajstić information content (AvgIpc) is 2.27. The molecule has 0 bridgehead atoms. The zero-order valence-electron chi connectivity index (χ0n) is 7.57. The summed E-state index contributed by atoms with van der Waals surface area (Å²) >= 11 is 5.89. The second kappa shape index (κ2) is 3.10. The summed E-state index contributed by atoms with van der Waals surface area (Å²) in [6.07, 6.45) is 1.53. The van der Waals surface area contributed by atoms with Crippen LogP contribution in [0.3, 0.4) is 0 Å². The van der Waals surface area contributed by atoms with Crippen molar-refractivity contribution in [3.8, 4) is 11.5 Å². The molecule has 0 fully saturated rings. The lowest BCUT2D eigenvalue weighted by atomic mass is 10.2. The minimum absolute atomic E-state index is 0.307. The number of hydrogen-bond acceptors (Lipinski definition) is 4. The second-order valence-corrected chi connectivity index (χ2v) is 3.46. The molecular formula is C10H6ClN3O. The van der Waals surface area contributed by atoms with Gasteiger partial charge in [0.2, 0.25) is 0 Å². The van der Waals surface area contributed by atoms with Crippen molar-refractivity contribution in [2.75, 3.05) is 5.32 Å². The molecule has 15 heavy (non-hydrogen) atoms. The Morgan fingerprint density at radius 2 is 2.07 bits per heavy atom. The van der Waals surface area contributed by atoms with Crippen LogP contribution in [0.5, 0.6) is 11.5 Å². The van der Waals surface area contributed by atoms with Crippen LogP contribution >= 0.6 is 11.6 Å². The maximum absolute atomic E-state index is 5.89. The molecule has 0 spiro atoms. The van der Waals surface area contributed by atoms with Gasteiger partial charge in [0, 0.05) is 0 Å². The van der Waals surface area contributed by atoms with E-state index in [1.165, 1.54) is 6.20 Å². The Morgan fingerprint density at radius 1 is 1.20 bits per heavy atom. The first-order chi connectivity index (χ1) is 7.34. The molecule has 1 aromatic carbocycles. The fourth-order valence-electron chi connectivity index (χ4n) is 1.45. The molecule has 4 nitrogen and oxygen atoms in total. The van der Waals surface area contributed by atoms with Gasteiger partial charge in [-0.25, -0.2) is 0 Å². The lowest BCUT2D eigenvalue weighted by Gasteiger charge is -2.20. The third kappa shape index (κ3) is 1.30. The molecule has 0 atom stereocenters. The maximum atomic E-state index is 5.89. The van der Waals surface area contributed by atoms with Crippen LogP contribution in [-0.2, 0) is 0 Å². The van der Waals surface area contributed by atoms with E-state index in [9.17, 15) is 0 Å². The molecule has 1 N–H and O–H groups in total. The van der Waals surface area contributed by atoms with Gasteiger partial charge in [-0.3, -0.25) is 0 Å². The van der Waals surface area contributed by atoms with Gasteiger partial charge in [-0.1, -0.05) is 23.7 Å². The summed E-state index contributed by atoms with van der Waals surface area (Å²) in [5.41, 5.74) is 1.53. The molecule has 74 valence electrons. The molecule has 0 saturated carbocycles. The van der Waals surface area contributed by atoms with E-state index in [0.29, 0.717) is 16.6 Å². The van der Waals surface area contributed by atoms with Crippen LogP contribution in [0.25, 0.3) is 0 Å². The molecule has 0 saturated heterocycles. The minimum Gasteiger partial charge on any atom is -0.451 e. The fourth-order valence-corrected chi connectivity index (χ4v) is 1.63. The van der Waals surface area contributed by atoms with Gasteiger partial charge in [0.15, 0.2) is 16.7 Å². The molecule has 5 heteroatoms. The van der Waals surface area contributed by atoms with Gasteiger partial charge in [-0.15, -0.1) is 5.10 Å². The van der Waals surface area contributed by atoms with Crippen LogP contribution in [-0.4, -0.2) is 10.2 Å². The summed E-state index contributed by atoms with van der Waals surface area (Å²) < 4.78 is 5.61. The lowest BCUT2D eigenvalue weighted by Crippen LogP contribution is -2.04. The second-order valence-electron chi connectivity index (χ2n) is 3.10. The number of halogens is 1. The normalized spacial score (nSPS) is 12.1.